The zero-order valence-electron chi connectivity index (χ0n) is 23.0. The summed E-state index contributed by atoms with van der Waals surface area (Å²) in [5.41, 5.74) is 2.69. The average molecular weight is 535 g/mol. The molecular weight excluding hydrogens is 500 g/mol. The van der Waals surface area contributed by atoms with Crippen LogP contribution in [-0.4, -0.2) is 31.3 Å². The van der Waals surface area contributed by atoms with Crippen molar-refractivity contribution in [2.45, 2.75) is 37.0 Å². The summed E-state index contributed by atoms with van der Waals surface area (Å²) in [6, 6.07) is 35.2. The van der Waals surface area contributed by atoms with Crippen LogP contribution in [0.4, 0.5) is 0 Å². The number of ether oxygens (including phenoxy) is 2. The number of aromatic hydroxyl groups is 1. The Morgan fingerprint density at radius 2 is 1.05 bits per heavy atom. The van der Waals surface area contributed by atoms with Crippen molar-refractivity contribution in [2.75, 3.05) is 14.2 Å². The molecule has 204 valence electrons. The number of rotatable bonds is 6. The van der Waals surface area contributed by atoms with Crippen molar-refractivity contribution < 1.29 is 24.2 Å². The zero-order chi connectivity index (χ0) is 28.3. The topological polar surface area (TPSA) is 72.8 Å². The Labute approximate surface area is 235 Å². The van der Waals surface area contributed by atoms with E-state index in [1.807, 2.05) is 72.8 Å². The van der Waals surface area contributed by atoms with Gasteiger partial charge in [0.2, 0.25) is 0 Å². The maximum atomic E-state index is 14.1. The number of hydrogen-bond donors (Lipinski definition) is 1. The standard InChI is InChI=1S/C35H34O5/c1-24-14-16-27(17-15-24)34(28-18-20-29(36)21-19-28)22-30(25-10-6-4-7-11-25)35(32(37)39-2,33(38)40-3)31(23-34)26-12-8-5-9-13-26/h4-21,30-31,36H,22-23H2,1-3H3. The largest absolute Gasteiger partial charge is 0.508 e. The van der Waals surface area contributed by atoms with Gasteiger partial charge in [0, 0.05) is 17.3 Å². The third kappa shape index (κ3) is 4.45. The molecule has 0 saturated heterocycles. The lowest BCUT2D eigenvalue weighted by Gasteiger charge is -2.53. The number of esters is 2. The molecule has 0 aliphatic heterocycles. The van der Waals surface area contributed by atoms with Crippen molar-refractivity contribution >= 4 is 11.9 Å². The maximum Gasteiger partial charge on any atom is 0.324 e. The summed E-state index contributed by atoms with van der Waals surface area (Å²) in [7, 11) is 2.66. The molecule has 40 heavy (non-hydrogen) atoms. The van der Waals surface area contributed by atoms with Gasteiger partial charge in [-0.2, -0.15) is 0 Å². The number of benzene rings is 4. The summed E-state index contributed by atoms with van der Waals surface area (Å²) in [6.45, 7) is 2.05. The van der Waals surface area contributed by atoms with Crippen molar-refractivity contribution in [2.24, 2.45) is 5.41 Å². The molecule has 0 bridgehead atoms. The van der Waals surface area contributed by atoms with Gasteiger partial charge in [-0.3, -0.25) is 9.59 Å². The molecule has 0 spiro atoms. The third-order valence-electron chi connectivity index (χ3n) is 8.68. The Morgan fingerprint density at radius 3 is 1.45 bits per heavy atom. The fraction of sp³-hybridized carbons (Fsp3) is 0.257. The van der Waals surface area contributed by atoms with Crippen molar-refractivity contribution in [3.05, 3.63) is 137 Å². The van der Waals surface area contributed by atoms with Gasteiger partial charge < -0.3 is 14.6 Å². The molecule has 1 aliphatic carbocycles. The molecule has 0 heterocycles. The number of hydrogen-bond acceptors (Lipinski definition) is 5. The lowest BCUT2D eigenvalue weighted by atomic mass is 9.47. The minimum absolute atomic E-state index is 0.177. The van der Waals surface area contributed by atoms with Crippen molar-refractivity contribution in [3.8, 4) is 5.75 Å². The molecule has 1 aliphatic rings. The summed E-state index contributed by atoms with van der Waals surface area (Å²) in [6.07, 6.45) is 0.886. The Bertz CT molecular complexity index is 1350. The molecule has 5 heteroatoms. The Morgan fingerprint density at radius 1 is 0.650 bits per heavy atom. The second kappa shape index (κ2) is 11.0. The molecule has 4 aromatic carbocycles. The van der Waals surface area contributed by atoms with E-state index < -0.39 is 34.6 Å². The maximum absolute atomic E-state index is 14.1. The van der Waals surface area contributed by atoms with Crippen molar-refractivity contribution in [1.29, 1.82) is 0 Å². The van der Waals surface area contributed by atoms with Crippen LogP contribution in [-0.2, 0) is 24.5 Å². The van der Waals surface area contributed by atoms with Crippen LogP contribution in [0.25, 0.3) is 0 Å². The molecule has 0 amide bonds. The summed E-state index contributed by atoms with van der Waals surface area (Å²) in [5, 5.41) is 10.2. The first-order chi connectivity index (χ1) is 19.4. The first-order valence-electron chi connectivity index (χ1n) is 13.5. The summed E-state index contributed by atoms with van der Waals surface area (Å²) < 4.78 is 10.9. The lowest BCUT2D eigenvalue weighted by Crippen LogP contribution is -2.57. The Hall–Kier alpha value is -4.38. The first-order valence-corrected chi connectivity index (χ1v) is 13.5. The van der Waals surface area contributed by atoms with E-state index in [1.165, 1.54) is 14.2 Å². The van der Waals surface area contributed by atoms with Gasteiger partial charge in [-0.1, -0.05) is 103 Å². The number of methoxy groups -OCH3 is 2. The fourth-order valence-electron chi connectivity index (χ4n) is 6.76. The molecule has 0 aromatic heterocycles. The fourth-order valence-corrected chi connectivity index (χ4v) is 6.76. The van der Waals surface area contributed by atoms with Gasteiger partial charge in [0.1, 0.15) is 5.75 Å². The van der Waals surface area contributed by atoms with E-state index in [0.29, 0.717) is 12.8 Å². The van der Waals surface area contributed by atoms with Crippen molar-refractivity contribution in [1.82, 2.24) is 0 Å². The smallest absolute Gasteiger partial charge is 0.324 e. The van der Waals surface area contributed by atoms with Crippen LogP contribution in [0.3, 0.4) is 0 Å². The molecule has 1 fully saturated rings. The van der Waals surface area contributed by atoms with E-state index in [2.05, 4.69) is 31.2 Å². The highest BCUT2D eigenvalue weighted by Gasteiger charge is 2.66. The van der Waals surface area contributed by atoms with E-state index in [9.17, 15) is 14.7 Å². The van der Waals surface area contributed by atoms with Crippen molar-refractivity contribution in [3.63, 3.8) is 0 Å². The minimum atomic E-state index is -1.63. The van der Waals surface area contributed by atoms with Gasteiger partial charge in [-0.25, -0.2) is 0 Å². The third-order valence-corrected chi connectivity index (χ3v) is 8.68. The SMILES string of the molecule is COC(=O)C1(C(=O)OC)C(c2ccccc2)CC(c2ccc(C)cc2)(c2ccc(O)cc2)CC1c1ccccc1. The van der Waals surface area contributed by atoms with Gasteiger partial charge in [0.25, 0.3) is 0 Å². The highest BCUT2D eigenvalue weighted by atomic mass is 16.5. The predicted octanol–water partition coefficient (Wildman–Crippen LogP) is 6.68. The number of aryl methyl sites for hydroxylation is 1. The second-order valence-corrected chi connectivity index (χ2v) is 10.7. The molecule has 4 aromatic rings. The van der Waals surface area contributed by atoms with Gasteiger partial charge in [0.05, 0.1) is 14.2 Å². The van der Waals surface area contributed by atoms with E-state index in [1.54, 1.807) is 12.1 Å². The highest BCUT2D eigenvalue weighted by Crippen LogP contribution is 2.63. The number of carbonyl (C=O) groups excluding carboxylic acids is 2. The highest BCUT2D eigenvalue weighted by molar-refractivity contribution is 6.03. The number of carbonyl (C=O) groups is 2. The molecule has 1 N–H and O–H groups in total. The monoisotopic (exact) mass is 534 g/mol. The number of phenols is 1. The molecule has 2 atom stereocenters. The summed E-state index contributed by atoms with van der Waals surface area (Å²) in [5.74, 6) is -2.20. The van der Waals surface area contributed by atoms with Crippen LogP contribution in [0, 0.1) is 12.3 Å². The van der Waals surface area contributed by atoms with E-state index in [4.69, 9.17) is 9.47 Å². The zero-order valence-corrected chi connectivity index (χ0v) is 23.0. The van der Waals surface area contributed by atoms with E-state index in [0.717, 1.165) is 27.8 Å². The van der Waals surface area contributed by atoms with Gasteiger partial charge in [0.15, 0.2) is 5.41 Å². The first kappa shape index (κ1) is 27.2. The Balaban J connectivity index is 1.88. The summed E-state index contributed by atoms with van der Waals surface area (Å²) >= 11 is 0. The van der Waals surface area contributed by atoms with Gasteiger partial charge >= 0.3 is 11.9 Å². The lowest BCUT2D eigenvalue weighted by molar-refractivity contribution is -0.176. The summed E-state index contributed by atoms with van der Waals surface area (Å²) in [4.78, 5) is 28.1. The van der Waals surface area contributed by atoms with E-state index >= 15 is 0 Å². The number of phenolic OH excluding ortho intramolecular Hbond substituents is 1. The van der Waals surface area contributed by atoms with Gasteiger partial charge in [-0.15, -0.1) is 0 Å². The molecule has 5 rings (SSSR count). The van der Waals surface area contributed by atoms with Crippen LogP contribution >= 0.6 is 0 Å². The van der Waals surface area contributed by atoms with Crippen LogP contribution in [0.5, 0.6) is 5.75 Å². The minimum Gasteiger partial charge on any atom is -0.508 e. The molecular formula is C35H34O5. The normalized spacial score (nSPS) is 21.8. The Kier molecular flexibility index (Phi) is 7.49. The predicted molar refractivity (Wildman–Crippen MR) is 154 cm³/mol. The molecule has 1 saturated carbocycles. The van der Waals surface area contributed by atoms with Crippen LogP contribution < -0.4 is 0 Å². The van der Waals surface area contributed by atoms with Crippen LogP contribution in [0.1, 0.15) is 52.5 Å². The quantitative estimate of drug-likeness (QED) is 0.221. The molecule has 5 nitrogen and oxygen atoms in total. The van der Waals surface area contributed by atoms with E-state index in [-0.39, 0.29) is 5.75 Å². The van der Waals surface area contributed by atoms with Gasteiger partial charge in [-0.05, 0) is 54.2 Å². The van der Waals surface area contributed by atoms with Crippen LogP contribution in [0.2, 0.25) is 0 Å². The molecule has 2 unspecified atom stereocenters. The second-order valence-electron chi connectivity index (χ2n) is 10.7. The molecule has 0 radical (unpaired) electrons. The average Bonchev–Trinajstić information content (AvgIpc) is 3.01. The van der Waals surface area contributed by atoms with Crippen LogP contribution in [0.15, 0.2) is 109 Å².